The highest BCUT2D eigenvalue weighted by atomic mass is 35.5. The van der Waals surface area contributed by atoms with E-state index in [0.717, 1.165) is 37.2 Å². The molecule has 1 fully saturated rings. The molecule has 110 valence electrons. The van der Waals surface area contributed by atoms with Gasteiger partial charge in [-0.1, -0.05) is 35.3 Å². The van der Waals surface area contributed by atoms with E-state index < -0.39 is 0 Å². The molecule has 0 radical (unpaired) electrons. The standard InChI is InChI=1S/C15H16Cl2N4/c16-12-5-1-4-11(14(12)17)13-6-7-19-15(20-13)21-8-2-3-10(18)9-21/h1,4-7,10H,2-3,8-9,18H2. The fourth-order valence-corrected chi connectivity index (χ4v) is 2.94. The zero-order valence-electron chi connectivity index (χ0n) is 11.5. The van der Waals surface area contributed by atoms with Crippen LogP contribution >= 0.6 is 23.2 Å². The first-order valence-electron chi connectivity index (χ1n) is 6.93. The number of hydrogen-bond acceptors (Lipinski definition) is 4. The molecule has 0 amide bonds. The van der Waals surface area contributed by atoms with Gasteiger partial charge in [-0.05, 0) is 25.0 Å². The van der Waals surface area contributed by atoms with Gasteiger partial charge in [-0.3, -0.25) is 0 Å². The summed E-state index contributed by atoms with van der Waals surface area (Å²) < 4.78 is 0. The van der Waals surface area contributed by atoms with Gasteiger partial charge < -0.3 is 10.6 Å². The molecule has 6 heteroatoms. The van der Waals surface area contributed by atoms with Crippen molar-refractivity contribution >= 4 is 29.2 Å². The van der Waals surface area contributed by atoms with Gasteiger partial charge in [-0.25, -0.2) is 9.97 Å². The average Bonchev–Trinajstić information content (AvgIpc) is 2.50. The highest BCUT2D eigenvalue weighted by Crippen LogP contribution is 2.32. The van der Waals surface area contributed by atoms with Crippen molar-refractivity contribution < 1.29 is 0 Å². The van der Waals surface area contributed by atoms with Crippen LogP contribution in [0.15, 0.2) is 30.5 Å². The van der Waals surface area contributed by atoms with Crippen LogP contribution in [0.1, 0.15) is 12.8 Å². The molecule has 3 rings (SSSR count). The lowest BCUT2D eigenvalue weighted by Crippen LogP contribution is -2.43. The molecule has 0 bridgehead atoms. The second-order valence-corrected chi connectivity index (χ2v) is 5.98. The van der Waals surface area contributed by atoms with Gasteiger partial charge in [0, 0.05) is 30.9 Å². The molecule has 1 unspecified atom stereocenters. The highest BCUT2D eigenvalue weighted by molar-refractivity contribution is 6.43. The smallest absolute Gasteiger partial charge is 0.225 e. The van der Waals surface area contributed by atoms with Gasteiger partial charge in [0.05, 0.1) is 15.7 Å². The Kier molecular flexibility index (Phi) is 4.29. The Bertz CT molecular complexity index is 647. The molecule has 2 aromatic rings. The molecule has 0 spiro atoms. The number of benzene rings is 1. The van der Waals surface area contributed by atoms with E-state index in [9.17, 15) is 0 Å². The van der Waals surface area contributed by atoms with E-state index >= 15 is 0 Å². The van der Waals surface area contributed by atoms with E-state index in [-0.39, 0.29) is 6.04 Å². The van der Waals surface area contributed by atoms with E-state index in [4.69, 9.17) is 28.9 Å². The molecule has 1 atom stereocenters. The summed E-state index contributed by atoms with van der Waals surface area (Å²) in [6.45, 7) is 1.72. The number of rotatable bonds is 2. The normalized spacial score (nSPS) is 18.8. The van der Waals surface area contributed by atoms with Crippen LogP contribution in [0.3, 0.4) is 0 Å². The fraction of sp³-hybridized carbons (Fsp3) is 0.333. The maximum atomic E-state index is 6.26. The van der Waals surface area contributed by atoms with Gasteiger partial charge in [0.25, 0.3) is 0 Å². The number of nitrogens with zero attached hydrogens (tertiary/aromatic N) is 3. The van der Waals surface area contributed by atoms with Crippen molar-refractivity contribution in [2.24, 2.45) is 5.73 Å². The Balaban J connectivity index is 1.94. The van der Waals surface area contributed by atoms with Crippen LogP contribution in [0.4, 0.5) is 5.95 Å². The molecule has 21 heavy (non-hydrogen) atoms. The number of hydrogen-bond donors (Lipinski definition) is 1. The first kappa shape index (κ1) is 14.6. The summed E-state index contributed by atoms with van der Waals surface area (Å²) in [4.78, 5) is 11.1. The second kappa shape index (κ2) is 6.18. The zero-order valence-corrected chi connectivity index (χ0v) is 13.0. The van der Waals surface area contributed by atoms with Crippen molar-refractivity contribution in [2.45, 2.75) is 18.9 Å². The minimum absolute atomic E-state index is 0.181. The minimum Gasteiger partial charge on any atom is -0.339 e. The molecule has 1 saturated heterocycles. The molecular weight excluding hydrogens is 307 g/mol. The lowest BCUT2D eigenvalue weighted by Gasteiger charge is -2.30. The summed E-state index contributed by atoms with van der Waals surface area (Å²) in [5, 5.41) is 1.04. The van der Waals surface area contributed by atoms with Gasteiger partial charge in [-0.2, -0.15) is 0 Å². The van der Waals surface area contributed by atoms with Crippen LogP contribution in [0.25, 0.3) is 11.3 Å². The Labute approximate surface area is 133 Å². The topological polar surface area (TPSA) is 55.0 Å². The van der Waals surface area contributed by atoms with Crippen LogP contribution in [0.2, 0.25) is 10.0 Å². The van der Waals surface area contributed by atoms with E-state index in [1.165, 1.54) is 0 Å². The molecule has 1 aromatic carbocycles. The molecular formula is C15H16Cl2N4. The Morgan fingerprint density at radius 3 is 2.90 bits per heavy atom. The molecule has 1 aromatic heterocycles. The number of nitrogens with two attached hydrogens (primary N) is 1. The van der Waals surface area contributed by atoms with Crippen molar-refractivity contribution in [1.29, 1.82) is 0 Å². The lowest BCUT2D eigenvalue weighted by atomic mass is 10.1. The van der Waals surface area contributed by atoms with Crippen molar-refractivity contribution in [3.05, 3.63) is 40.5 Å². The number of piperidine rings is 1. The zero-order chi connectivity index (χ0) is 14.8. The third kappa shape index (κ3) is 3.12. The van der Waals surface area contributed by atoms with Crippen LogP contribution in [-0.2, 0) is 0 Å². The van der Waals surface area contributed by atoms with Crippen LogP contribution in [0.5, 0.6) is 0 Å². The molecule has 1 aliphatic heterocycles. The summed E-state index contributed by atoms with van der Waals surface area (Å²) in [7, 11) is 0. The monoisotopic (exact) mass is 322 g/mol. The van der Waals surface area contributed by atoms with Crippen molar-refractivity contribution in [3.8, 4) is 11.3 Å². The first-order valence-corrected chi connectivity index (χ1v) is 7.68. The van der Waals surface area contributed by atoms with Crippen molar-refractivity contribution in [2.75, 3.05) is 18.0 Å². The predicted molar refractivity (Wildman–Crippen MR) is 86.9 cm³/mol. The number of anilines is 1. The van der Waals surface area contributed by atoms with E-state index in [1.54, 1.807) is 12.3 Å². The molecule has 0 saturated carbocycles. The molecule has 4 nitrogen and oxygen atoms in total. The maximum Gasteiger partial charge on any atom is 0.225 e. The number of aromatic nitrogens is 2. The number of halogens is 2. The summed E-state index contributed by atoms with van der Waals surface area (Å²) in [6, 6.07) is 7.55. The third-order valence-electron chi connectivity index (χ3n) is 3.61. The first-order chi connectivity index (χ1) is 10.1. The highest BCUT2D eigenvalue weighted by Gasteiger charge is 2.19. The molecule has 1 aliphatic rings. The van der Waals surface area contributed by atoms with Gasteiger partial charge >= 0.3 is 0 Å². The average molecular weight is 323 g/mol. The fourth-order valence-electron chi connectivity index (χ4n) is 2.54. The van der Waals surface area contributed by atoms with Crippen molar-refractivity contribution in [3.63, 3.8) is 0 Å². The molecule has 2 heterocycles. The Morgan fingerprint density at radius 2 is 2.10 bits per heavy atom. The van der Waals surface area contributed by atoms with Gasteiger partial charge in [0.1, 0.15) is 0 Å². The summed E-state index contributed by atoms with van der Waals surface area (Å²) in [6.07, 6.45) is 3.86. The third-order valence-corrected chi connectivity index (χ3v) is 4.43. The molecule has 2 N–H and O–H groups in total. The van der Waals surface area contributed by atoms with Crippen molar-refractivity contribution in [1.82, 2.24) is 9.97 Å². The summed E-state index contributed by atoms with van der Waals surface area (Å²) >= 11 is 12.3. The maximum absolute atomic E-state index is 6.26. The Hall–Kier alpha value is -1.36. The van der Waals surface area contributed by atoms with Crippen LogP contribution < -0.4 is 10.6 Å². The van der Waals surface area contributed by atoms with E-state index in [1.807, 2.05) is 18.2 Å². The van der Waals surface area contributed by atoms with Gasteiger partial charge in [0.2, 0.25) is 5.95 Å². The van der Waals surface area contributed by atoms with Crippen LogP contribution in [-0.4, -0.2) is 29.1 Å². The molecule has 0 aliphatic carbocycles. The largest absolute Gasteiger partial charge is 0.339 e. The minimum atomic E-state index is 0.181. The quantitative estimate of drug-likeness (QED) is 0.920. The second-order valence-electron chi connectivity index (χ2n) is 5.19. The van der Waals surface area contributed by atoms with E-state index in [0.29, 0.717) is 16.0 Å². The van der Waals surface area contributed by atoms with Crippen LogP contribution in [0, 0.1) is 0 Å². The predicted octanol–water partition coefficient (Wildman–Crippen LogP) is 3.38. The summed E-state index contributed by atoms with van der Waals surface area (Å²) in [5.74, 6) is 0.693. The lowest BCUT2D eigenvalue weighted by molar-refractivity contribution is 0.500. The van der Waals surface area contributed by atoms with E-state index in [2.05, 4.69) is 14.9 Å². The van der Waals surface area contributed by atoms with Gasteiger partial charge in [-0.15, -0.1) is 0 Å². The summed E-state index contributed by atoms with van der Waals surface area (Å²) in [5.41, 5.74) is 7.60. The van der Waals surface area contributed by atoms with Gasteiger partial charge in [0.15, 0.2) is 0 Å². The SMILES string of the molecule is NC1CCCN(c2nccc(-c3cccc(Cl)c3Cl)n2)C1. The Morgan fingerprint density at radius 1 is 1.24 bits per heavy atom.